The normalized spacial score (nSPS) is 12.8. The van der Waals surface area contributed by atoms with Crippen molar-refractivity contribution >= 4 is 16.8 Å². The largest absolute Gasteiger partial charge is 0.489 e. The van der Waals surface area contributed by atoms with E-state index in [1.807, 2.05) is 46.0 Å². The summed E-state index contributed by atoms with van der Waals surface area (Å²) in [7, 11) is 1.89. The van der Waals surface area contributed by atoms with Crippen molar-refractivity contribution in [3.63, 3.8) is 0 Å². The first kappa shape index (κ1) is 14.6. The Morgan fingerprint density at radius 3 is 2.70 bits per heavy atom. The zero-order valence-corrected chi connectivity index (χ0v) is 12.4. The second kappa shape index (κ2) is 6.09. The summed E-state index contributed by atoms with van der Waals surface area (Å²) in [5.74, 6) is 1.15. The third kappa shape index (κ3) is 3.20. The average Bonchev–Trinajstić information content (AvgIpc) is 2.80. The predicted molar refractivity (Wildman–Crippen MR) is 79.4 cm³/mol. The SMILES string of the molecule is CNC[C@@H](C)Oc1ccc2oc(C(=O)C(C)C)cc2c1. The number of carbonyl (C=O) groups excluding carboxylic acids is 1. The highest BCUT2D eigenvalue weighted by Crippen LogP contribution is 2.26. The fraction of sp³-hybridized carbons (Fsp3) is 0.438. The van der Waals surface area contributed by atoms with Gasteiger partial charge in [-0.1, -0.05) is 13.8 Å². The number of ether oxygens (including phenoxy) is 1. The molecule has 0 aliphatic carbocycles. The summed E-state index contributed by atoms with van der Waals surface area (Å²) in [5.41, 5.74) is 0.711. The molecule has 0 saturated carbocycles. The van der Waals surface area contributed by atoms with Gasteiger partial charge in [-0.05, 0) is 38.2 Å². The van der Waals surface area contributed by atoms with Crippen LogP contribution in [0.1, 0.15) is 31.3 Å². The lowest BCUT2D eigenvalue weighted by Gasteiger charge is -2.13. The van der Waals surface area contributed by atoms with Crippen molar-refractivity contribution < 1.29 is 13.9 Å². The fourth-order valence-corrected chi connectivity index (χ4v) is 2.06. The van der Waals surface area contributed by atoms with E-state index in [0.29, 0.717) is 11.3 Å². The summed E-state index contributed by atoms with van der Waals surface area (Å²) < 4.78 is 11.4. The van der Waals surface area contributed by atoms with Crippen molar-refractivity contribution in [2.45, 2.75) is 26.9 Å². The van der Waals surface area contributed by atoms with E-state index in [9.17, 15) is 4.79 Å². The summed E-state index contributed by atoms with van der Waals surface area (Å²) >= 11 is 0. The molecule has 0 saturated heterocycles. The molecule has 0 radical (unpaired) electrons. The van der Waals surface area contributed by atoms with Gasteiger partial charge in [0.15, 0.2) is 5.76 Å². The number of benzene rings is 1. The molecule has 0 amide bonds. The van der Waals surface area contributed by atoms with Crippen LogP contribution in [0.3, 0.4) is 0 Å². The number of carbonyl (C=O) groups is 1. The van der Waals surface area contributed by atoms with E-state index < -0.39 is 0 Å². The second-order valence-electron chi connectivity index (χ2n) is 5.32. The molecule has 2 aromatic rings. The summed E-state index contributed by atoms with van der Waals surface area (Å²) in [4.78, 5) is 11.9. The summed E-state index contributed by atoms with van der Waals surface area (Å²) in [6, 6.07) is 7.39. The van der Waals surface area contributed by atoms with Gasteiger partial charge in [-0.25, -0.2) is 0 Å². The quantitative estimate of drug-likeness (QED) is 0.822. The van der Waals surface area contributed by atoms with Crippen molar-refractivity contribution in [1.82, 2.24) is 5.32 Å². The molecule has 1 aromatic carbocycles. The van der Waals surface area contributed by atoms with Gasteiger partial charge < -0.3 is 14.5 Å². The molecule has 1 N–H and O–H groups in total. The molecule has 1 heterocycles. The first-order valence-electron chi connectivity index (χ1n) is 6.90. The van der Waals surface area contributed by atoms with Crippen molar-refractivity contribution in [2.75, 3.05) is 13.6 Å². The van der Waals surface area contributed by atoms with Crippen LogP contribution >= 0.6 is 0 Å². The topological polar surface area (TPSA) is 51.5 Å². The third-order valence-corrected chi connectivity index (χ3v) is 3.08. The van der Waals surface area contributed by atoms with E-state index in [2.05, 4.69) is 5.32 Å². The molecular weight excluding hydrogens is 254 g/mol. The zero-order valence-electron chi connectivity index (χ0n) is 12.4. The number of Topliss-reactive ketones (excluding diaryl/α,β-unsaturated/α-hetero) is 1. The lowest BCUT2D eigenvalue weighted by atomic mass is 10.1. The van der Waals surface area contributed by atoms with Crippen molar-refractivity contribution in [1.29, 1.82) is 0 Å². The van der Waals surface area contributed by atoms with Crippen LogP contribution in [-0.2, 0) is 0 Å². The number of hydrogen-bond acceptors (Lipinski definition) is 4. The molecule has 0 bridgehead atoms. The summed E-state index contributed by atoms with van der Waals surface area (Å²) in [6.45, 7) is 6.51. The molecule has 108 valence electrons. The Bertz CT molecular complexity index is 601. The van der Waals surface area contributed by atoms with Crippen LogP contribution in [0.4, 0.5) is 0 Å². The number of likely N-dealkylation sites (N-methyl/N-ethyl adjacent to an activating group) is 1. The summed E-state index contributed by atoms with van der Waals surface area (Å²) in [6.07, 6.45) is 0.0844. The minimum atomic E-state index is -0.0677. The highest BCUT2D eigenvalue weighted by molar-refractivity contribution is 5.98. The number of nitrogens with one attached hydrogen (secondary N) is 1. The molecule has 2 rings (SSSR count). The average molecular weight is 275 g/mol. The van der Waals surface area contributed by atoms with Gasteiger partial charge >= 0.3 is 0 Å². The molecule has 4 heteroatoms. The molecule has 1 aromatic heterocycles. The molecule has 0 unspecified atom stereocenters. The Labute approximate surface area is 119 Å². The Kier molecular flexibility index (Phi) is 4.45. The van der Waals surface area contributed by atoms with E-state index in [-0.39, 0.29) is 17.8 Å². The molecule has 20 heavy (non-hydrogen) atoms. The second-order valence-corrected chi connectivity index (χ2v) is 5.32. The van der Waals surface area contributed by atoms with Gasteiger partial charge in [-0.15, -0.1) is 0 Å². The van der Waals surface area contributed by atoms with Crippen molar-refractivity contribution in [3.8, 4) is 5.75 Å². The molecule has 4 nitrogen and oxygen atoms in total. The van der Waals surface area contributed by atoms with Crippen LogP contribution in [-0.4, -0.2) is 25.5 Å². The number of hydrogen-bond donors (Lipinski definition) is 1. The Morgan fingerprint density at radius 2 is 2.05 bits per heavy atom. The van der Waals surface area contributed by atoms with Crippen LogP contribution in [0, 0.1) is 5.92 Å². The van der Waals surface area contributed by atoms with Crippen LogP contribution in [0.25, 0.3) is 11.0 Å². The van der Waals surface area contributed by atoms with Gasteiger partial charge in [0.25, 0.3) is 0 Å². The number of furan rings is 1. The number of rotatable bonds is 6. The van der Waals surface area contributed by atoms with E-state index in [1.165, 1.54) is 0 Å². The molecular formula is C16H21NO3. The van der Waals surface area contributed by atoms with E-state index in [1.54, 1.807) is 6.07 Å². The van der Waals surface area contributed by atoms with E-state index in [0.717, 1.165) is 17.7 Å². The first-order valence-corrected chi connectivity index (χ1v) is 6.90. The van der Waals surface area contributed by atoms with Gasteiger partial charge in [-0.2, -0.15) is 0 Å². The highest BCUT2D eigenvalue weighted by Gasteiger charge is 2.16. The van der Waals surface area contributed by atoms with Gasteiger partial charge in [0.05, 0.1) is 0 Å². The van der Waals surface area contributed by atoms with E-state index >= 15 is 0 Å². The Morgan fingerprint density at radius 1 is 1.30 bits per heavy atom. The maximum Gasteiger partial charge on any atom is 0.200 e. The third-order valence-electron chi connectivity index (χ3n) is 3.08. The molecule has 0 aliphatic rings. The first-order chi connectivity index (χ1) is 9.51. The molecule has 0 fully saturated rings. The van der Waals surface area contributed by atoms with Crippen LogP contribution in [0.15, 0.2) is 28.7 Å². The number of ketones is 1. The van der Waals surface area contributed by atoms with Crippen molar-refractivity contribution in [2.24, 2.45) is 5.92 Å². The van der Waals surface area contributed by atoms with Gasteiger partial charge in [0, 0.05) is 17.8 Å². The number of fused-ring (bicyclic) bond motifs is 1. The summed E-state index contributed by atoms with van der Waals surface area (Å²) in [5, 5.41) is 3.96. The highest BCUT2D eigenvalue weighted by atomic mass is 16.5. The standard InChI is InChI=1S/C16H21NO3/c1-10(2)16(18)15-8-12-7-13(5-6-14(12)20-15)19-11(3)9-17-4/h5-8,10-11,17H,9H2,1-4H3/t11-/m1/s1. The fourth-order valence-electron chi connectivity index (χ4n) is 2.06. The van der Waals surface area contributed by atoms with Gasteiger partial charge in [0.2, 0.25) is 5.78 Å². The monoisotopic (exact) mass is 275 g/mol. The lowest BCUT2D eigenvalue weighted by molar-refractivity contribution is 0.0913. The zero-order chi connectivity index (χ0) is 14.7. The molecule has 0 aliphatic heterocycles. The minimum absolute atomic E-state index is 0.0206. The molecule has 1 atom stereocenters. The lowest BCUT2D eigenvalue weighted by Crippen LogP contribution is -2.25. The maximum atomic E-state index is 11.9. The maximum absolute atomic E-state index is 11.9. The predicted octanol–water partition coefficient (Wildman–Crippen LogP) is 3.26. The molecule has 0 spiro atoms. The van der Waals surface area contributed by atoms with Crippen LogP contribution in [0.5, 0.6) is 5.75 Å². The van der Waals surface area contributed by atoms with Gasteiger partial charge in [0.1, 0.15) is 17.4 Å². The van der Waals surface area contributed by atoms with E-state index in [4.69, 9.17) is 9.15 Å². The smallest absolute Gasteiger partial charge is 0.200 e. The van der Waals surface area contributed by atoms with Crippen molar-refractivity contribution in [3.05, 3.63) is 30.0 Å². The van der Waals surface area contributed by atoms with Crippen LogP contribution < -0.4 is 10.1 Å². The van der Waals surface area contributed by atoms with Crippen LogP contribution in [0.2, 0.25) is 0 Å². The Hall–Kier alpha value is -1.81. The Balaban J connectivity index is 2.23. The van der Waals surface area contributed by atoms with Gasteiger partial charge in [-0.3, -0.25) is 4.79 Å². The minimum Gasteiger partial charge on any atom is -0.489 e.